The Bertz CT molecular complexity index is 1250. The van der Waals surface area contributed by atoms with Gasteiger partial charge in [-0.2, -0.15) is 5.26 Å². The summed E-state index contributed by atoms with van der Waals surface area (Å²) >= 11 is 0. The number of likely N-dealkylation sites (tertiary alicyclic amines) is 1. The Morgan fingerprint density at radius 3 is 2.45 bits per heavy atom. The van der Waals surface area contributed by atoms with Crippen LogP contribution in [0.2, 0.25) is 0 Å². The van der Waals surface area contributed by atoms with Crippen LogP contribution in [-0.2, 0) is 4.74 Å². The molecule has 2 aliphatic heterocycles. The number of nitrogens with zero attached hydrogens (tertiary/aromatic N) is 6. The van der Waals surface area contributed by atoms with Crippen LogP contribution in [0, 0.1) is 23.1 Å². The number of benzene rings is 1. The first-order chi connectivity index (χ1) is 19.0. The molecular formula is C28H35F2N7O3. The van der Waals surface area contributed by atoms with Gasteiger partial charge < -0.3 is 24.8 Å². The number of nitrogens with one attached hydrogen (secondary N) is 1. The number of nitriles is 1. The number of carbonyl (C=O) groups is 2. The Kier molecular flexibility index (Phi) is 8.71. The summed E-state index contributed by atoms with van der Waals surface area (Å²) in [4.78, 5) is 39.9. The molecule has 1 aromatic carbocycles. The average molecular weight is 556 g/mol. The van der Waals surface area contributed by atoms with Crippen LogP contribution in [-0.4, -0.2) is 82.2 Å². The molecule has 2 fully saturated rings. The van der Waals surface area contributed by atoms with Gasteiger partial charge in [-0.25, -0.2) is 23.5 Å². The van der Waals surface area contributed by atoms with E-state index in [0.29, 0.717) is 44.0 Å². The van der Waals surface area contributed by atoms with Crippen molar-refractivity contribution in [1.29, 1.82) is 5.26 Å². The molecule has 0 spiro atoms. The first kappa shape index (κ1) is 29.0. The molecule has 0 unspecified atom stereocenters. The number of amides is 2. The SMILES string of the molecule is CCN(C(=O)c1cnc(N2C[C@H](NC(=O)OC(C)(C)C)[C@@H](c3cc(F)ccc3F)C2)nc1)C1CCN(C#N)CC1. The lowest BCUT2D eigenvalue weighted by Crippen LogP contribution is -2.46. The fourth-order valence-electron chi connectivity index (χ4n) is 5.29. The number of piperidine rings is 1. The molecule has 0 radical (unpaired) electrons. The summed E-state index contributed by atoms with van der Waals surface area (Å²) in [6.07, 6.45) is 5.84. The van der Waals surface area contributed by atoms with Crippen LogP contribution in [0.15, 0.2) is 30.6 Å². The molecule has 1 aromatic heterocycles. The molecule has 0 saturated carbocycles. The minimum Gasteiger partial charge on any atom is -0.444 e. The molecule has 10 nitrogen and oxygen atoms in total. The largest absolute Gasteiger partial charge is 0.444 e. The number of rotatable bonds is 6. The zero-order valence-electron chi connectivity index (χ0n) is 23.2. The van der Waals surface area contributed by atoms with E-state index in [9.17, 15) is 18.4 Å². The van der Waals surface area contributed by atoms with Crippen LogP contribution in [0.3, 0.4) is 0 Å². The van der Waals surface area contributed by atoms with Gasteiger partial charge in [-0.05, 0) is 64.3 Å². The van der Waals surface area contributed by atoms with E-state index < -0.39 is 35.3 Å². The van der Waals surface area contributed by atoms with Crippen molar-refractivity contribution in [2.45, 2.75) is 64.1 Å². The zero-order valence-corrected chi connectivity index (χ0v) is 23.2. The van der Waals surface area contributed by atoms with Crippen molar-refractivity contribution in [2.75, 3.05) is 37.6 Å². The van der Waals surface area contributed by atoms with E-state index in [0.717, 1.165) is 18.2 Å². The average Bonchev–Trinajstić information content (AvgIpc) is 3.33. The number of hydrogen-bond acceptors (Lipinski definition) is 8. The second-order valence-electron chi connectivity index (χ2n) is 11.1. The first-order valence-electron chi connectivity index (χ1n) is 13.5. The van der Waals surface area contributed by atoms with Crippen molar-refractivity contribution >= 4 is 17.9 Å². The number of anilines is 1. The highest BCUT2D eigenvalue weighted by Gasteiger charge is 2.38. The Labute approximate surface area is 232 Å². The third-order valence-electron chi connectivity index (χ3n) is 7.20. The number of alkyl carbamates (subject to hydrolysis) is 1. The zero-order chi connectivity index (χ0) is 29.0. The van der Waals surface area contributed by atoms with Crippen molar-refractivity contribution < 1.29 is 23.1 Å². The van der Waals surface area contributed by atoms with Crippen LogP contribution >= 0.6 is 0 Å². The van der Waals surface area contributed by atoms with Crippen LogP contribution in [0.4, 0.5) is 19.5 Å². The number of halogens is 2. The molecule has 0 bridgehead atoms. The third-order valence-corrected chi connectivity index (χ3v) is 7.20. The Morgan fingerprint density at radius 1 is 1.18 bits per heavy atom. The van der Waals surface area contributed by atoms with Gasteiger partial charge in [0.2, 0.25) is 5.95 Å². The number of carbonyl (C=O) groups excluding carboxylic acids is 2. The first-order valence-corrected chi connectivity index (χ1v) is 13.5. The standard InChI is InChI=1S/C28H35F2N7O3/c1-5-37(20-8-10-35(17-31)11-9-20)25(38)18-13-32-26(33-14-18)36-15-22(21-12-19(29)6-7-23(21)30)24(16-36)34-27(39)40-28(2,3)4/h6-7,12-14,20,22,24H,5,8-11,15-16H2,1-4H3,(H,34,39)/t22-,24+/m1/s1. The third kappa shape index (κ3) is 6.76. The van der Waals surface area contributed by atoms with E-state index in [1.165, 1.54) is 12.4 Å². The maximum Gasteiger partial charge on any atom is 0.407 e. The molecule has 2 atom stereocenters. The minimum absolute atomic E-state index is 0.0296. The fourth-order valence-corrected chi connectivity index (χ4v) is 5.29. The molecule has 0 aliphatic carbocycles. The number of hydrogen-bond donors (Lipinski definition) is 1. The van der Waals surface area contributed by atoms with Gasteiger partial charge in [-0.15, -0.1) is 0 Å². The molecule has 2 aromatic rings. The molecule has 214 valence electrons. The van der Waals surface area contributed by atoms with E-state index in [2.05, 4.69) is 21.5 Å². The van der Waals surface area contributed by atoms with Gasteiger partial charge in [0.15, 0.2) is 6.19 Å². The van der Waals surface area contributed by atoms with Crippen molar-refractivity contribution in [3.8, 4) is 6.19 Å². The van der Waals surface area contributed by atoms with Crippen molar-refractivity contribution in [1.82, 2.24) is 25.1 Å². The molecule has 2 aliphatic rings. The Hall–Kier alpha value is -4.01. The lowest BCUT2D eigenvalue weighted by molar-refractivity contribution is 0.0503. The second-order valence-corrected chi connectivity index (χ2v) is 11.1. The summed E-state index contributed by atoms with van der Waals surface area (Å²) < 4.78 is 34.2. The highest BCUT2D eigenvalue weighted by Crippen LogP contribution is 2.32. The molecule has 12 heteroatoms. The van der Waals surface area contributed by atoms with Crippen molar-refractivity contribution in [2.24, 2.45) is 0 Å². The lowest BCUT2D eigenvalue weighted by Gasteiger charge is -2.36. The fraction of sp³-hybridized carbons (Fsp3) is 0.536. The monoisotopic (exact) mass is 555 g/mol. The lowest BCUT2D eigenvalue weighted by atomic mass is 9.94. The van der Waals surface area contributed by atoms with E-state index in [-0.39, 0.29) is 30.6 Å². The Morgan fingerprint density at radius 2 is 1.85 bits per heavy atom. The van der Waals surface area contributed by atoms with E-state index >= 15 is 0 Å². The van der Waals surface area contributed by atoms with Gasteiger partial charge in [-0.1, -0.05) is 0 Å². The molecule has 3 heterocycles. The molecule has 1 N–H and O–H groups in total. The summed E-state index contributed by atoms with van der Waals surface area (Å²) in [5.74, 6) is -1.63. The Balaban J connectivity index is 1.51. The van der Waals surface area contributed by atoms with E-state index in [1.807, 2.05) is 6.92 Å². The highest BCUT2D eigenvalue weighted by atomic mass is 19.1. The summed E-state index contributed by atoms with van der Waals surface area (Å²) in [6, 6.07) is 2.68. The molecule has 4 rings (SSSR count). The van der Waals surface area contributed by atoms with E-state index in [4.69, 9.17) is 10.00 Å². The summed E-state index contributed by atoms with van der Waals surface area (Å²) in [7, 11) is 0. The van der Waals surface area contributed by atoms with Crippen molar-refractivity contribution in [3.05, 3.63) is 53.4 Å². The number of ether oxygens (including phenoxy) is 1. The quantitative estimate of drug-likeness (QED) is 0.537. The van der Waals surface area contributed by atoms with Gasteiger partial charge in [0.25, 0.3) is 5.91 Å². The predicted molar refractivity (Wildman–Crippen MR) is 143 cm³/mol. The van der Waals surface area contributed by atoms with Crippen molar-refractivity contribution in [3.63, 3.8) is 0 Å². The normalized spacial score (nSPS) is 19.7. The molecule has 2 amide bonds. The van der Waals surface area contributed by atoms with Crippen LogP contribution < -0.4 is 10.2 Å². The molecule has 2 saturated heterocycles. The maximum absolute atomic E-state index is 14.8. The predicted octanol–water partition coefficient (Wildman–Crippen LogP) is 3.66. The van der Waals surface area contributed by atoms with Gasteiger partial charge in [0.1, 0.15) is 17.2 Å². The van der Waals surface area contributed by atoms with Gasteiger partial charge in [0, 0.05) is 57.1 Å². The van der Waals surface area contributed by atoms with Crippen LogP contribution in [0.1, 0.15) is 62.4 Å². The summed E-state index contributed by atoms with van der Waals surface area (Å²) in [5, 5.41) is 11.9. The number of aromatic nitrogens is 2. The highest BCUT2D eigenvalue weighted by molar-refractivity contribution is 5.94. The minimum atomic E-state index is -0.730. The topological polar surface area (TPSA) is 115 Å². The van der Waals surface area contributed by atoms with E-state index in [1.54, 1.807) is 35.5 Å². The second kappa shape index (κ2) is 12.0. The van der Waals surface area contributed by atoms with Gasteiger partial charge >= 0.3 is 6.09 Å². The molecule has 40 heavy (non-hydrogen) atoms. The molecular weight excluding hydrogens is 520 g/mol. The summed E-state index contributed by atoms with van der Waals surface area (Å²) in [6.45, 7) is 9.31. The van der Waals surface area contributed by atoms with Crippen LogP contribution in [0.5, 0.6) is 0 Å². The maximum atomic E-state index is 14.8. The van der Waals surface area contributed by atoms with Gasteiger partial charge in [-0.3, -0.25) is 4.79 Å². The van der Waals surface area contributed by atoms with Gasteiger partial charge in [0.05, 0.1) is 11.6 Å². The smallest absolute Gasteiger partial charge is 0.407 e. The van der Waals surface area contributed by atoms with Crippen LogP contribution in [0.25, 0.3) is 0 Å². The summed E-state index contributed by atoms with van der Waals surface area (Å²) in [5.41, 5.74) is -0.257.